The minimum absolute atomic E-state index is 0.133. The van der Waals surface area contributed by atoms with Gasteiger partial charge in [0.15, 0.2) is 0 Å². The van der Waals surface area contributed by atoms with Gasteiger partial charge in [-0.15, -0.1) is 0 Å². The fourth-order valence-electron chi connectivity index (χ4n) is 0.882. The highest BCUT2D eigenvalue weighted by molar-refractivity contribution is 4.77. The molecule has 10 heavy (non-hydrogen) atoms. The Bertz CT molecular complexity index is 97.4. The van der Waals surface area contributed by atoms with Crippen LogP contribution in [0.3, 0.4) is 0 Å². The molecule has 0 aliphatic heterocycles. The summed E-state index contributed by atoms with van der Waals surface area (Å²) in [6.07, 6.45) is 1.08. The lowest BCUT2D eigenvalue weighted by atomic mass is 10.00. The normalized spacial score (nSPS) is 13.2. The molecule has 0 bridgehead atoms. The largest absolute Gasteiger partial charge is 0.268 e. The highest BCUT2D eigenvalue weighted by atomic mass is 15.4. The van der Waals surface area contributed by atoms with Gasteiger partial charge in [0.05, 0.1) is 0 Å². The lowest BCUT2D eigenvalue weighted by molar-refractivity contribution is 0.0813. The van der Waals surface area contributed by atoms with Crippen molar-refractivity contribution in [2.75, 3.05) is 0 Å². The van der Waals surface area contributed by atoms with Crippen LogP contribution in [0.1, 0.15) is 41.0 Å². The summed E-state index contributed by atoms with van der Waals surface area (Å²) in [5.74, 6) is 5.84. The molecule has 0 fully saturated rings. The van der Waals surface area contributed by atoms with E-state index in [0.29, 0.717) is 6.04 Å². The van der Waals surface area contributed by atoms with E-state index in [9.17, 15) is 0 Å². The molecule has 0 heterocycles. The van der Waals surface area contributed by atoms with Crippen molar-refractivity contribution in [3.63, 3.8) is 0 Å². The molecule has 0 saturated carbocycles. The maximum absolute atomic E-state index is 5.84. The van der Waals surface area contributed by atoms with Crippen LogP contribution >= 0.6 is 0 Å². The first-order valence-corrected chi connectivity index (χ1v) is 3.96. The topological polar surface area (TPSA) is 29.3 Å². The van der Waals surface area contributed by atoms with E-state index >= 15 is 0 Å². The van der Waals surface area contributed by atoms with Crippen molar-refractivity contribution < 1.29 is 0 Å². The van der Waals surface area contributed by atoms with Crippen LogP contribution in [-0.4, -0.2) is 16.6 Å². The van der Waals surface area contributed by atoms with Crippen LogP contribution in [-0.2, 0) is 0 Å². The lowest BCUT2D eigenvalue weighted by Crippen LogP contribution is -2.52. The minimum atomic E-state index is 0.133. The summed E-state index contributed by atoms with van der Waals surface area (Å²) in [6.45, 7) is 10.7. The maximum atomic E-state index is 5.84. The van der Waals surface area contributed by atoms with Gasteiger partial charge >= 0.3 is 0 Å². The van der Waals surface area contributed by atoms with Crippen molar-refractivity contribution in [1.29, 1.82) is 0 Å². The second kappa shape index (κ2) is 3.35. The van der Waals surface area contributed by atoms with Gasteiger partial charge in [0.25, 0.3) is 0 Å². The van der Waals surface area contributed by atoms with Crippen LogP contribution in [0, 0.1) is 0 Å². The number of hydrogen-bond acceptors (Lipinski definition) is 2. The molecule has 0 atom stereocenters. The molecule has 0 rings (SSSR count). The number of rotatable bonds is 3. The molecule has 2 heteroatoms. The SMILES string of the molecule is CCC(C)(C)N(N)C(C)C. The Morgan fingerprint density at radius 2 is 1.80 bits per heavy atom. The molecule has 2 nitrogen and oxygen atoms in total. The molecule has 0 amide bonds. The summed E-state index contributed by atoms with van der Waals surface area (Å²) in [7, 11) is 0. The van der Waals surface area contributed by atoms with Gasteiger partial charge in [0.2, 0.25) is 0 Å². The van der Waals surface area contributed by atoms with Crippen LogP contribution in [0.15, 0.2) is 0 Å². The fourth-order valence-corrected chi connectivity index (χ4v) is 0.882. The second-order valence-electron chi connectivity index (χ2n) is 3.67. The molecule has 0 aromatic rings. The van der Waals surface area contributed by atoms with Gasteiger partial charge in [-0.1, -0.05) is 6.92 Å². The third-order valence-corrected chi connectivity index (χ3v) is 2.12. The monoisotopic (exact) mass is 144 g/mol. The zero-order valence-electron chi connectivity index (χ0n) is 7.81. The predicted octanol–water partition coefficient (Wildman–Crippen LogP) is 1.76. The Morgan fingerprint density at radius 1 is 1.40 bits per heavy atom. The summed E-state index contributed by atoms with van der Waals surface area (Å²) >= 11 is 0. The average molecular weight is 144 g/mol. The molecule has 0 aromatic heterocycles. The van der Waals surface area contributed by atoms with Crippen LogP contribution in [0.2, 0.25) is 0 Å². The maximum Gasteiger partial charge on any atom is 0.0295 e. The first kappa shape index (κ1) is 9.92. The van der Waals surface area contributed by atoms with E-state index in [-0.39, 0.29) is 5.54 Å². The zero-order valence-corrected chi connectivity index (χ0v) is 7.81. The Balaban J connectivity index is 4.03. The summed E-state index contributed by atoms with van der Waals surface area (Å²) in [5.41, 5.74) is 0.133. The van der Waals surface area contributed by atoms with E-state index in [1.165, 1.54) is 0 Å². The number of hydrazine groups is 1. The Hall–Kier alpha value is -0.0800. The Labute approximate surface area is 64.4 Å². The van der Waals surface area contributed by atoms with E-state index < -0.39 is 0 Å². The van der Waals surface area contributed by atoms with E-state index in [4.69, 9.17) is 5.84 Å². The first-order valence-electron chi connectivity index (χ1n) is 3.96. The lowest BCUT2D eigenvalue weighted by Gasteiger charge is -2.36. The quantitative estimate of drug-likeness (QED) is 0.483. The van der Waals surface area contributed by atoms with Crippen molar-refractivity contribution >= 4 is 0 Å². The molecule has 0 radical (unpaired) electrons. The third kappa shape index (κ3) is 2.27. The van der Waals surface area contributed by atoms with Gasteiger partial charge in [-0.25, -0.2) is 5.01 Å². The van der Waals surface area contributed by atoms with Crippen molar-refractivity contribution in [1.82, 2.24) is 5.01 Å². The molecular weight excluding hydrogens is 124 g/mol. The van der Waals surface area contributed by atoms with Gasteiger partial charge < -0.3 is 0 Å². The van der Waals surface area contributed by atoms with Gasteiger partial charge in [-0.2, -0.15) is 0 Å². The van der Waals surface area contributed by atoms with E-state index in [1.807, 2.05) is 5.01 Å². The molecule has 0 aliphatic rings. The molecule has 0 aliphatic carbocycles. The smallest absolute Gasteiger partial charge is 0.0295 e. The van der Waals surface area contributed by atoms with E-state index in [2.05, 4.69) is 34.6 Å². The fraction of sp³-hybridized carbons (Fsp3) is 1.00. The highest BCUT2D eigenvalue weighted by Crippen LogP contribution is 2.16. The van der Waals surface area contributed by atoms with Gasteiger partial charge in [-0.3, -0.25) is 5.84 Å². The minimum Gasteiger partial charge on any atom is -0.268 e. The summed E-state index contributed by atoms with van der Waals surface area (Å²) in [6, 6.07) is 0.426. The van der Waals surface area contributed by atoms with Crippen LogP contribution < -0.4 is 5.84 Å². The predicted molar refractivity (Wildman–Crippen MR) is 45.5 cm³/mol. The molecule has 0 aromatic carbocycles. The summed E-state index contributed by atoms with van der Waals surface area (Å²) in [5, 5.41) is 1.91. The molecule has 2 N–H and O–H groups in total. The van der Waals surface area contributed by atoms with Crippen molar-refractivity contribution in [3.05, 3.63) is 0 Å². The molecular formula is C8H20N2. The highest BCUT2D eigenvalue weighted by Gasteiger charge is 2.23. The third-order valence-electron chi connectivity index (χ3n) is 2.12. The standard InChI is InChI=1S/C8H20N2/c1-6-8(4,5)10(9)7(2)3/h7H,6,9H2,1-5H3. The van der Waals surface area contributed by atoms with E-state index in [1.54, 1.807) is 0 Å². The molecule has 62 valence electrons. The molecule has 0 spiro atoms. The summed E-state index contributed by atoms with van der Waals surface area (Å²) < 4.78 is 0. The Morgan fingerprint density at radius 3 is 1.90 bits per heavy atom. The van der Waals surface area contributed by atoms with E-state index in [0.717, 1.165) is 6.42 Å². The molecule has 0 saturated heterocycles. The number of hydrogen-bond donors (Lipinski definition) is 1. The van der Waals surface area contributed by atoms with Gasteiger partial charge in [0, 0.05) is 11.6 Å². The van der Waals surface area contributed by atoms with Crippen LogP contribution in [0.4, 0.5) is 0 Å². The molecule has 0 unspecified atom stereocenters. The van der Waals surface area contributed by atoms with Gasteiger partial charge in [-0.05, 0) is 34.1 Å². The summed E-state index contributed by atoms with van der Waals surface area (Å²) in [4.78, 5) is 0. The van der Waals surface area contributed by atoms with Crippen molar-refractivity contribution in [2.45, 2.75) is 52.6 Å². The zero-order chi connectivity index (χ0) is 8.36. The van der Waals surface area contributed by atoms with Crippen molar-refractivity contribution in [3.8, 4) is 0 Å². The first-order chi connectivity index (χ1) is 4.41. The van der Waals surface area contributed by atoms with Crippen LogP contribution in [0.5, 0.6) is 0 Å². The van der Waals surface area contributed by atoms with Gasteiger partial charge in [0.1, 0.15) is 0 Å². The second-order valence-corrected chi connectivity index (χ2v) is 3.67. The average Bonchev–Trinajstić information content (AvgIpc) is 1.86. The Kier molecular flexibility index (Phi) is 3.33. The number of nitrogens with zero attached hydrogens (tertiary/aromatic N) is 1. The van der Waals surface area contributed by atoms with Crippen LogP contribution in [0.25, 0.3) is 0 Å². The number of nitrogens with two attached hydrogens (primary N) is 1. The van der Waals surface area contributed by atoms with Crippen molar-refractivity contribution in [2.24, 2.45) is 5.84 Å².